The van der Waals surface area contributed by atoms with Gasteiger partial charge in [0, 0.05) is 0 Å². The number of thiophene rings is 1. The Morgan fingerprint density at radius 1 is 1.67 bits per heavy atom. The van der Waals surface area contributed by atoms with Gasteiger partial charge in [-0.25, -0.2) is 6.92 Å². The van der Waals surface area contributed by atoms with E-state index in [4.69, 9.17) is 0 Å². The SMILES string of the molecule is [CH2-]/C=C\c1[c-]scc1.[W+2]. The van der Waals surface area contributed by atoms with E-state index in [1.54, 1.807) is 17.4 Å². The van der Waals surface area contributed by atoms with Gasteiger partial charge in [0.1, 0.15) is 0 Å². The molecule has 0 aliphatic heterocycles. The van der Waals surface area contributed by atoms with Gasteiger partial charge < -0.3 is 0 Å². The van der Waals surface area contributed by atoms with Gasteiger partial charge in [0.2, 0.25) is 0 Å². The van der Waals surface area contributed by atoms with Gasteiger partial charge in [-0.3, -0.25) is 11.3 Å². The summed E-state index contributed by atoms with van der Waals surface area (Å²) in [6.45, 7) is 3.56. The second-order valence-corrected chi connectivity index (χ2v) is 2.09. The van der Waals surface area contributed by atoms with E-state index in [-0.39, 0.29) is 21.1 Å². The topological polar surface area (TPSA) is 0 Å². The smallest absolute Gasteiger partial charge is 0.264 e. The van der Waals surface area contributed by atoms with Crippen molar-refractivity contribution >= 4 is 17.4 Å². The Hall–Kier alpha value is -0.00169. The van der Waals surface area contributed by atoms with Crippen molar-refractivity contribution in [1.29, 1.82) is 0 Å². The molecule has 1 rings (SSSR count). The fraction of sp³-hybridized carbons (Fsp3) is 0. The first-order chi connectivity index (χ1) is 3.93. The van der Waals surface area contributed by atoms with E-state index in [0.717, 1.165) is 5.56 Å². The Labute approximate surface area is 73.9 Å². The molecule has 0 amide bonds. The number of hydrogen-bond donors (Lipinski definition) is 0. The molecule has 0 aliphatic rings. The first kappa shape index (κ1) is 9.00. The third-order valence-corrected chi connectivity index (χ3v) is 1.42. The molecule has 1 aromatic heterocycles. The molecule has 46 valence electrons. The Kier molecular flexibility index (Phi) is 4.84. The fourth-order valence-corrected chi connectivity index (χ4v) is 1.01. The zero-order chi connectivity index (χ0) is 5.82. The van der Waals surface area contributed by atoms with Crippen LogP contribution in [0.25, 0.3) is 6.08 Å². The normalized spacial score (nSPS) is 9.33. The van der Waals surface area contributed by atoms with Crippen molar-refractivity contribution in [2.24, 2.45) is 0 Å². The average molecular weight is 306 g/mol. The molecule has 0 aliphatic carbocycles. The van der Waals surface area contributed by atoms with Crippen LogP contribution in [-0.4, -0.2) is 0 Å². The van der Waals surface area contributed by atoms with Crippen LogP contribution in [-0.2, 0) is 21.1 Å². The molecule has 0 saturated carbocycles. The largest absolute Gasteiger partial charge is 2.00 e. The maximum absolute atomic E-state index is 3.56. The Balaban J connectivity index is 0.000000640. The van der Waals surface area contributed by atoms with Crippen LogP contribution in [0.1, 0.15) is 5.56 Å². The van der Waals surface area contributed by atoms with Crippen LogP contribution < -0.4 is 0 Å². The molecule has 1 heterocycles. The van der Waals surface area contributed by atoms with Gasteiger partial charge in [0.15, 0.2) is 0 Å². The van der Waals surface area contributed by atoms with E-state index in [1.165, 1.54) is 0 Å². The van der Waals surface area contributed by atoms with Crippen molar-refractivity contribution in [2.45, 2.75) is 0 Å². The molecule has 0 atom stereocenters. The Bertz CT molecular complexity index is 165. The van der Waals surface area contributed by atoms with Gasteiger partial charge in [0.25, 0.3) is 0 Å². The van der Waals surface area contributed by atoms with Crippen LogP contribution in [0.4, 0.5) is 0 Å². The molecule has 0 aromatic carbocycles. The number of hydrogen-bond acceptors (Lipinski definition) is 1. The molecule has 0 unspecified atom stereocenters. The molecule has 0 nitrogen and oxygen atoms in total. The predicted molar refractivity (Wildman–Crippen MR) is 37.5 cm³/mol. The molecule has 0 fully saturated rings. The maximum Gasteiger partial charge on any atom is 2.00 e. The summed E-state index contributed by atoms with van der Waals surface area (Å²) >= 11 is 1.58. The molecule has 1 aromatic rings. The minimum absolute atomic E-state index is 0. The summed E-state index contributed by atoms with van der Waals surface area (Å²) in [7, 11) is 0. The van der Waals surface area contributed by atoms with Gasteiger partial charge in [-0.2, -0.15) is 18.2 Å². The van der Waals surface area contributed by atoms with E-state index in [9.17, 15) is 0 Å². The monoisotopic (exact) mass is 306 g/mol. The summed E-state index contributed by atoms with van der Waals surface area (Å²) in [4.78, 5) is 0. The molecule has 2 heteroatoms. The zero-order valence-corrected chi connectivity index (χ0v) is 8.58. The fourth-order valence-electron chi connectivity index (χ4n) is 0.460. The van der Waals surface area contributed by atoms with E-state index in [1.807, 2.05) is 17.5 Å². The van der Waals surface area contributed by atoms with Crippen LogP contribution in [0.5, 0.6) is 0 Å². The van der Waals surface area contributed by atoms with Crippen molar-refractivity contribution in [1.82, 2.24) is 0 Å². The molecular formula is C7H6SW. The molecule has 0 spiro atoms. The van der Waals surface area contributed by atoms with Crippen molar-refractivity contribution in [2.75, 3.05) is 0 Å². The van der Waals surface area contributed by atoms with E-state index in [0.29, 0.717) is 0 Å². The molecule has 0 N–H and O–H groups in total. The van der Waals surface area contributed by atoms with Crippen LogP contribution in [0, 0.1) is 12.3 Å². The second-order valence-electron chi connectivity index (χ2n) is 1.38. The maximum atomic E-state index is 3.56. The number of allylic oxidation sites excluding steroid dienone is 1. The summed E-state index contributed by atoms with van der Waals surface area (Å²) in [5.74, 6) is 0. The van der Waals surface area contributed by atoms with Gasteiger partial charge in [-0.05, 0) is 0 Å². The van der Waals surface area contributed by atoms with Gasteiger partial charge >= 0.3 is 21.1 Å². The summed E-state index contributed by atoms with van der Waals surface area (Å²) in [6, 6.07) is 2.01. The summed E-state index contributed by atoms with van der Waals surface area (Å²) in [5.41, 5.74) is 1.12. The van der Waals surface area contributed by atoms with Crippen LogP contribution in [0.3, 0.4) is 0 Å². The van der Waals surface area contributed by atoms with E-state index < -0.39 is 0 Å². The second kappa shape index (κ2) is 4.84. The average Bonchev–Trinajstić information content (AvgIpc) is 2.19. The molecule has 9 heavy (non-hydrogen) atoms. The van der Waals surface area contributed by atoms with Crippen molar-refractivity contribution in [3.8, 4) is 0 Å². The molecule has 0 bridgehead atoms. The van der Waals surface area contributed by atoms with Gasteiger partial charge in [-0.1, -0.05) is 5.38 Å². The molecule has 0 radical (unpaired) electrons. The van der Waals surface area contributed by atoms with Crippen LogP contribution in [0.15, 0.2) is 17.5 Å². The predicted octanol–water partition coefficient (Wildman–Crippen LogP) is 2.39. The van der Waals surface area contributed by atoms with Crippen LogP contribution >= 0.6 is 11.3 Å². The summed E-state index contributed by atoms with van der Waals surface area (Å²) < 4.78 is 0. The standard InChI is InChI=1S/C7H6S.W/c1-2-3-7-4-5-8-6-7;/h2-5H,1H2;/q-2;+2/b3-2-;. The first-order valence-electron chi connectivity index (χ1n) is 2.34. The minimum Gasteiger partial charge on any atom is -0.264 e. The van der Waals surface area contributed by atoms with Gasteiger partial charge in [0.05, 0.1) is 0 Å². The van der Waals surface area contributed by atoms with E-state index >= 15 is 0 Å². The molecular weight excluding hydrogens is 300 g/mol. The Morgan fingerprint density at radius 2 is 2.44 bits per heavy atom. The third kappa shape index (κ3) is 2.88. The molecule has 0 saturated heterocycles. The van der Waals surface area contributed by atoms with Gasteiger partial charge in [-0.15, -0.1) is 10.9 Å². The summed E-state index contributed by atoms with van der Waals surface area (Å²) in [5, 5.41) is 5.05. The Morgan fingerprint density at radius 3 is 2.89 bits per heavy atom. The van der Waals surface area contributed by atoms with Crippen molar-refractivity contribution in [3.63, 3.8) is 0 Å². The van der Waals surface area contributed by atoms with Crippen LogP contribution in [0.2, 0.25) is 0 Å². The minimum atomic E-state index is 0. The zero-order valence-electron chi connectivity index (χ0n) is 4.83. The summed E-state index contributed by atoms with van der Waals surface area (Å²) in [6.07, 6.45) is 3.69. The van der Waals surface area contributed by atoms with Crippen molar-refractivity contribution < 1.29 is 21.1 Å². The first-order valence-corrected chi connectivity index (χ1v) is 3.22. The van der Waals surface area contributed by atoms with Crippen molar-refractivity contribution in [3.05, 3.63) is 35.4 Å². The number of rotatable bonds is 1. The quantitative estimate of drug-likeness (QED) is 0.699. The third-order valence-electron chi connectivity index (χ3n) is 0.790. The van der Waals surface area contributed by atoms with E-state index in [2.05, 4.69) is 12.3 Å².